The molecule has 0 aromatic carbocycles. The van der Waals surface area contributed by atoms with Gasteiger partial charge < -0.3 is 4.74 Å². The molecular formula is C8H13NO2S. The van der Waals surface area contributed by atoms with E-state index in [9.17, 15) is 4.79 Å². The fraction of sp³-hybridized carbons (Fsp3) is 0.875. The molecule has 3 nitrogen and oxygen atoms in total. The number of hydrogen-bond donors (Lipinski definition) is 0. The van der Waals surface area contributed by atoms with Crippen molar-refractivity contribution in [3.05, 3.63) is 0 Å². The second kappa shape index (κ2) is 3.66. The van der Waals surface area contributed by atoms with E-state index in [1.165, 1.54) is 11.5 Å². The molecule has 0 amide bonds. The molecule has 0 radical (unpaired) electrons. The molecule has 2 aliphatic rings. The van der Waals surface area contributed by atoms with Crippen molar-refractivity contribution < 1.29 is 9.53 Å². The zero-order chi connectivity index (χ0) is 8.39. The average Bonchev–Trinajstić information content (AvgIpc) is 2.54. The van der Waals surface area contributed by atoms with Gasteiger partial charge in [0.1, 0.15) is 6.61 Å². The van der Waals surface area contributed by atoms with E-state index in [4.69, 9.17) is 4.74 Å². The standard InChI is InChI=1S/C8H13NO2S/c10-8-5-7(6-11-8)9-1-3-12-4-2-9/h7H,1-6H2. The number of hydrogen-bond acceptors (Lipinski definition) is 4. The summed E-state index contributed by atoms with van der Waals surface area (Å²) in [6.45, 7) is 2.85. The van der Waals surface area contributed by atoms with E-state index >= 15 is 0 Å². The molecule has 0 aliphatic carbocycles. The molecule has 0 aromatic rings. The van der Waals surface area contributed by atoms with Gasteiger partial charge in [0.25, 0.3) is 0 Å². The molecule has 0 spiro atoms. The Balaban J connectivity index is 1.86. The highest BCUT2D eigenvalue weighted by molar-refractivity contribution is 7.99. The van der Waals surface area contributed by atoms with E-state index in [2.05, 4.69) is 4.90 Å². The molecule has 2 fully saturated rings. The second-order valence-corrected chi connectivity index (χ2v) is 4.41. The van der Waals surface area contributed by atoms with E-state index in [-0.39, 0.29) is 5.97 Å². The van der Waals surface area contributed by atoms with Crippen LogP contribution in [0.1, 0.15) is 6.42 Å². The van der Waals surface area contributed by atoms with Crippen LogP contribution < -0.4 is 0 Å². The van der Waals surface area contributed by atoms with Gasteiger partial charge in [-0.3, -0.25) is 9.69 Å². The molecule has 4 heteroatoms. The van der Waals surface area contributed by atoms with E-state index in [1.54, 1.807) is 0 Å². The second-order valence-electron chi connectivity index (χ2n) is 3.19. The van der Waals surface area contributed by atoms with E-state index < -0.39 is 0 Å². The Bertz CT molecular complexity index is 180. The van der Waals surface area contributed by atoms with Crippen molar-refractivity contribution in [3.8, 4) is 0 Å². The molecule has 68 valence electrons. The topological polar surface area (TPSA) is 29.5 Å². The molecule has 12 heavy (non-hydrogen) atoms. The number of ether oxygens (including phenoxy) is 1. The first kappa shape index (κ1) is 8.38. The normalized spacial score (nSPS) is 32.0. The van der Waals surface area contributed by atoms with Gasteiger partial charge in [-0.05, 0) is 0 Å². The maximum Gasteiger partial charge on any atom is 0.307 e. The van der Waals surface area contributed by atoms with Crippen LogP contribution in [0.4, 0.5) is 0 Å². The first-order chi connectivity index (χ1) is 5.86. The number of thioether (sulfide) groups is 1. The molecule has 0 saturated carbocycles. The summed E-state index contributed by atoms with van der Waals surface area (Å²) in [5.74, 6) is 2.37. The molecule has 1 unspecified atom stereocenters. The third-order valence-corrected chi connectivity index (χ3v) is 3.34. The summed E-state index contributed by atoms with van der Waals surface area (Å²) in [5, 5.41) is 0. The Kier molecular flexibility index (Phi) is 2.56. The highest BCUT2D eigenvalue weighted by Gasteiger charge is 2.29. The predicted molar refractivity (Wildman–Crippen MR) is 48.3 cm³/mol. The summed E-state index contributed by atoms with van der Waals surface area (Å²) < 4.78 is 4.93. The van der Waals surface area contributed by atoms with Gasteiger partial charge in [0, 0.05) is 24.6 Å². The first-order valence-corrected chi connectivity index (χ1v) is 5.49. The third kappa shape index (κ3) is 1.75. The van der Waals surface area contributed by atoms with Crippen molar-refractivity contribution in [2.75, 3.05) is 31.2 Å². The Morgan fingerprint density at radius 1 is 1.42 bits per heavy atom. The van der Waals surface area contributed by atoms with Crippen LogP contribution in [0.25, 0.3) is 0 Å². The summed E-state index contributed by atoms with van der Waals surface area (Å²) in [7, 11) is 0. The predicted octanol–water partition coefficient (Wildman–Crippen LogP) is 0.351. The van der Waals surface area contributed by atoms with Gasteiger partial charge in [-0.15, -0.1) is 0 Å². The Labute approximate surface area is 76.4 Å². The highest BCUT2D eigenvalue weighted by atomic mass is 32.2. The van der Waals surface area contributed by atoms with E-state index in [0.717, 1.165) is 13.1 Å². The number of carbonyl (C=O) groups excluding carboxylic acids is 1. The molecule has 1 atom stereocenters. The molecule has 0 aromatic heterocycles. The Morgan fingerprint density at radius 2 is 2.17 bits per heavy atom. The van der Waals surface area contributed by atoms with Gasteiger partial charge in [0.15, 0.2) is 0 Å². The fourth-order valence-electron chi connectivity index (χ4n) is 1.68. The fourth-order valence-corrected chi connectivity index (χ4v) is 2.61. The van der Waals surface area contributed by atoms with Gasteiger partial charge in [-0.2, -0.15) is 11.8 Å². The quantitative estimate of drug-likeness (QED) is 0.554. The van der Waals surface area contributed by atoms with Gasteiger partial charge in [0.05, 0.1) is 12.5 Å². The Morgan fingerprint density at radius 3 is 2.75 bits per heavy atom. The lowest BCUT2D eigenvalue weighted by molar-refractivity contribution is -0.137. The van der Waals surface area contributed by atoms with Crippen LogP contribution in [0.5, 0.6) is 0 Å². The maximum absolute atomic E-state index is 10.8. The van der Waals surface area contributed by atoms with Crippen LogP contribution in [0.15, 0.2) is 0 Å². The Hall–Kier alpha value is -0.220. The van der Waals surface area contributed by atoms with Crippen LogP contribution in [0.3, 0.4) is 0 Å². The third-order valence-electron chi connectivity index (χ3n) is 2.40. The highest BCUT2D eigenvalue weighted by Crippen LogP contribution is 2.18. The zero-order valence-corrected chi connectivity index (χ0v) is 7.81. The lowest BCUT2D eigenvalue weighted by atomic mass is 10.2. The monoisotopic (exact) mass is 187 g/mol. The number of esters is 1. The SMILES string of the molecule is O=C1CC(N2CCSCC2)CO1. The smallest absolute Gasteiger partial charge is 0.307 e. The summed E-state index contributed by atoms with van der Waals surface area (Å²) in [6.07, 6.45) is 0.602. The number of cyclic esters (lactones) is 1. The molecule has 0 bridgehead atoms. The first-order valence-electron chi connectivity index (χ1n) is 4.33. The van der Waals surface area contributed by atoms with Crippen molar-refractivity contribution in [2.45, 2.75) is 12.5 Å². The van der Waals surface area contributed by atoms with Gasteiger partial charge in [-0.25, -0.2) is 0 Å². The minimum absolute atomic E-state index is 0.0294. The van der Waals surface area contributed by atoms with Crippen molar-refractivity contribution in [1.82, 2.24) is 4.90 Å². The minimum Gasteiger partial charge on any atom is -0.464 e. The molecule has 2 rings (SSSR count). The van der Waals surface area contributed by atoms with Crippen LogP contribution in [0.2, 0.25) is 0 Å². The summed E-state index contributed by atoms with van der Waals surface area (Å²) in [4.78, 5) is 13.2. The maximum atomic E-state index is 10.8. The van der Waals surface area contributed by atoms with Crippen molar-refractivity contribution in [1.29, 1.82) is 0 Å². The van der Waals surface area contributed by atoms with Gasteiger partial charge >= 0.3 is 5.97 Å². The average molecular weight is 187 g/mol. The van der Waals surface area contributed by atoms with Crippen LogP contribution in [-0.2, 0) is 9.53 Å². The molecule has 2 heterocycles. The summed E-state index contributed by atoms with van der Waals surface area (Å²) in [5.41, 5.74) is 0. The zero-order valence-electron chi connectivity index (χ0n) is 6.99. The number of nitrogens with zero attached hydrogens (tertiary/aromatic N) is 1. The molecule has 0 N–H and O–H groups in total. The van der Waals surface area contributed by atoms with Crippen LogP contribution in [0, 0.1) is 0 Å². The lowest BCUT2D eigenvalue weighted by Gasteiger charge is -2.29. The number of carbonyl (C=O) groups is 1. The largest absolute Gasteiger partial charge is 0.464 e. The summed E-state index contributed by atoms with van der Waals surface area (Å²) in [6, 6.07) is 0.374. The van der Waals surface area contributed by atoms with Crippen molar-refractivity contribution in [2.24, 2.45) is 0 Å². The van der Waals surface area contributed by atoms with Crippen molar-refractivity contribution in [3.63, 3.8) is 0 Å². The molecule has 2 aliphatic heterocycles. The van der Waals surface area contributed by atoms with Crippen LogP contribution >= 0.6 is 11.8 Å². The van der Waals surface area contributed by atoms with E-state index in [1.807, 2.05) is 11.8 Å². The minimum atomic E-state index is -0.0294. The molecular weight excluding hydrogens is 174 g/mol. The lowest BCUT2D eigenvalue weighted by Crippen LogP contribution is -2.41. The van der Waals surface area contributed by atoms with E-state index in [0.29, 0.717) is 19.1 Å². The van der Waals surface area contributed by atoms with Gasteiger partial charge in [0.2, 0.25) is 0 Å². The van der Waals surface area contributed by atoms with Crippen molar-refractivity contribution >= 4 is 17.7 Å². The summed E-state index contributed by atoms with van der Waals surface area (Å²) >= 11 is 1.99. The van der Waals surface area contributed by atoms with Crippen LogP contribution in [-0.4, -0.2) is 48.1 Å². The van der Waals surface area contributed by atoms with Gasteiger partial charge in [-0.1, -0.05) is 0 Å². The number of rotatable bonds is 1. The molecule has 2 saturated heterocycles.